The van der Waals surface area contributed by atoms with Crippen LogP contribution in [0.3, 0.4) is 0 Å². The van der Waals surface area contributed by atoms with Crippen molar-refractivity contribution in [3.8, 4) is 0 Å². The van der Waals surface area contributed by atoms with Crippen molar-refractivity contribution in [3.05, 3.63) is 35.6 Å². The third kappa shape index (κ3) is 3.91. The van der Waals surface area contributed by atoms with Gasteiger partial charge in [-0.2, -0.15) is 57.1 Å². The van der Waals surface area contributed by atoms with Gasteiger partial charge in [0.25, 0.3) is 0 Å². The Morgan fingerprint density at radius 3 is 1.53 bits per heavy atom. The lowest BCUT2D eigenvalue weighted by atomic mass is 9.90. The summed E-state index contributed by atoms with van der Waals surface area (Å²) in [5.74, 6) is -38.8. The van der Waals surface area contributed by atoms with Gasteiger partial charge in [0.15, 0.2) is 0 Å². The van der Waals surface area contributed by atoms with E-state index < -0.39 is 59.7 Å². The Morgan fingerprint density at radius 2 is 1.13 bits per heavy atom. The normalized spacial score (nSPS) is 16.0. The van der Waals surface area contributed by atoms with Crippen LogP contribution in [0.25, 0.3) is 0 Å². The fourth-order valence-electron chi connectivity index (χ4n) is 2.22. The molecule has 0 aliphatic rings. The molecule has 0 radical (unpaired) electrons. The van der Waals surface area contributed by atoms with E-state index >= 15 is 0 Å². The Kier molecular flexibility index (Phi) is 6.75. The van der Waals surface area contributed by atoms with E-state index in [1.54, 1.807) is 0 Å². The number of rotatable bonds is 8. The molecule has 0 aromatic heterocycles. The number of benzene rings is 1. The third-order valence-corrected chi connectivity index (χ3v) is 3.98. The predicted molar refractivity (Wildman–Crippen MR) is 71.6 cm³/mol. The average molecular weight is 472 g/mol. The van der Waals surface area contributed by atoms with Crippen LogP contribution < -0.4 is 0 Å². The number of hydrogen-bond donors (Lipinski definition) is 0. The van der Waals surface area contributed by atoms with Gasteiger partial charge < -0.3 is 4.74 Å². The molecule has 1 nitrogen and oxygen atoms in total. The molecule has 0 aliphatic heterocycles. The van der Waals surface area contributed by atoms with E-state index in [-0.39, 0.29) is 0 Å². The number of hydrogen-bond acceptors (Lipinski definition) is 1. The molecule has 30 heavy (non-hydrogen) atoms. The maximum absolute atomic E-state index is 13.9. The van der Waals surface area contributed by atoms with Gasteiger partial charge >= 0.3 is 35.8 Å². The number of halogens is 14. The van der Waals surface area contributed by atoms with Crippen LogP contribution in [0.15, 0.2) is 24.3 Å². The van der Waals surface area contributed by atoms with E-state index in [1.807, 2.05) is 0 Å². The van der Waals surface area contributed by atoms with Crippen molar-refractivity contribution in [1.29, 1.82) is 0 Å². The second kappa shape index (κ2) is 7.71. The Hall–Kier alpha value is -1.80. The summed E-state index contributed by atoms with van der Waals surface area (Å²) < 4.78 is 188. The zero-order valence-electron chi connectivity index (χ0n) is 14.3. The number of alkyl halides is 13. The molecule has 1 aromatic carbocycles. The third-order valence-electron chi connectivity index (χ3n) is 3.98. The highest BCUT2D eigenvalue weighted by molar-refractivity contribution is 5.21. The predicted octanol–water partition coefficient (Wildman–Crippen LogP) is 6.64. The maximum Gasteiger partial charge on any atom is 0.460 e. The van der Waals surface area contributed by atoms with E-state index in [9.17, 15) is 61.5 Å². The molecule has 0 fully saturated rings. The Bertz CT molecular complexity index is 739. The molecule has 1 rings (SSSR count). The molecule has 174 valence electrons. The van der Waals surface area contributed by atoms with Crippen molar-refractivity contribution < 1.29 is 66.2 Å². The first-order valence-corrected chi connectivity index (χ1v) is 7.42. The topological polar surface area (TPSA) is 9.23 Å². The van der Waals surface area contributed by atoms with Crippen LogP contribution in [-0.4, -0.2) is 42.9 Å². The first-order valence-electron chi connectivity index (χ1n) is 7.42. The van der Waals surface area contributed by atoms with Crippen LogP contribution in [0.1, 0.15) is 18.1 Å². The highest BCUT2D eigenvalue weighted by Gasteiger charge is 2.90. The lowest BCUT2D eigenvalue weighted by molar-refractivity contribution is -0.440. The highest BCUT2D eigenvalue weighted by atomic mass is 19.4. The van der Waals surface area contributed by atoms with E-state index in [4.69, 9.17) is 0 Å². The summed E-state index contributed by atoms with van der Waals surface area (Å²) in [5, 5.41) is 0. The van der Waals surface area contributed by atoms with Crippen LogP contribution in [0.2, 0.25) is 0 Å². The molecular weight excluding hydrogens is 462 g/mol. The summed E-state index contributed by atoms with van der Waals surface area (Å²) in [6.45, 7) is 0. The van der Waals surface area contributed by atoms with Gasteiger partial charge in [0, 0.05) is 19.1 Å². The van der Waals surface area contributed by atoms with Gasteiger partial charge in [-0.05, 0) is 6.07 Å². The van der Waals surface area contributed by atoms with Crippen LogP contribution in [0.5, 0.6) is 0 Å². The molecule has 0 saturated heterocycles. The van der Waals surface area contributed by atoms with Gasteiger partial charge in [-0.3, -0.25) is 0 Å². The summed E-state index contributed by atoms with van der Waals surface area (Å²) in [6.07, 6.45) is -12.6. The van der Waals surface area contributed by atoms with Crippen molar-refractivity contribution in [3.63, 3.8) is 0 Å². The summed E-state index contributed by atoms with van der Waals surface area (Å²) >= 11 is 0. The van der Waals surface area contributed by atoms with Crippen LogP contribution in [-0.2, 0) is 4.74 Å². The van der Waals surface area contributed by atoms with E-state index in [0.717, 1.165) is 12.1 Å². The molecule has 1 unspecified atom stereocenters. The van der Waals surface area contributed by atoms with Gasteiger partial charge in [-0.25, -0.2) is 4.39 Å². The summed E-state index contributed by atoms with van der Waals surface area (Å²) in [6, 6.07) is 3.23. The molecule has 0 heterocycles. The van der Waals surface area contributed by atoms with Gasteiger partial charge in [0.2, 0.25) is 0 Å². The molecule has 1 atom stereocenters. The first-order chi connectivity index (χ1) is 13.2. The van der Waals surface area contributed by atoms with Crippen molar-refractivity contribution in [2.24, 2.45) is 0 Å². The van der Waals surface area contributed by atoms with Gasteiger partial charge in [0.1, 0.15) is 5.82 Å². The molecule has 0 amide bonds. The molecular formula is C15H10F14O. The molecule has 0 N–H and O–H groups in total. The molecule has 1 aromatic rings. The SMILES string of the molecule is COC(CC(F)(F)C(F)(F)C(F)(F)C(F)(F)C(F)(F)C(F)(F)F)c1ccccc1F. The smallest absolute Gasteiger partial charge is 0.376 e. The molecule has 0 aliphatic carbocycles. The van der Waals surface area contributed by atoms with Gasteiger partial charge in [0.05, 0.1) is 6.10 Å². The molecule has 15 heteroatoms. The lowest BCUT2D eigenvalue weighted by Gasteiger charge is -2.40. The molecule has 0 saturated carbocycles. The van der Waals surface area contributed by atoms with Crippen LogP contribution in [0.4, 0.5) is 61.5 Å². The second-order valence-corrected chi connectivity index (χ2v) is 5.95. The number of ether oxygens (including phenoxy) is 1. The Morgan fingerprint density at radius 1 is 0.700 bits per heavy atom. The van der Waals surface area contributed by atoms with E-state index in [2.05, 4.69) is 4.74 Å². The van der Waals surface area contributed by atoms with Gasteiger partial charge in [-0.1, -0.05) is 18.2 Å². The van der Waals surface area contributed by atoms with E-state index in [0.29, 0.717) is 19.2 Å². The zero-order valence-corrected chi connectivity index (χ0v) is 14.3. The number of methoxy groups -OCH3 is 1. The quantitative estimate of drug-likeness (QED) is 0.386. The summed E-state index contributed by atoms with van der Waals surface area (Å²) in [4.78, 5) is 0. The fraction of sp³-hybridized carbons (Fsp3) is 0.600. The van der Waals surface area contributed by atoms with Crippen molar-refractivity contribution in [2.75, 3.05) is 7.11 Å². The first kappa shape index (κ1) is 26.2. The minimum Gasteiger partial charge on any atom is -0.376 e. The fourth-order valence-corrected chi connectivity index (χ4v) is 2.22. The van der Waals surface area contributed by atoms with Crippen molar-refractivity contribution >= 4 is 0 Å². The monoisotopic (exact) mass is 472 g/mol. The zero-order chi connectivity index (χ0) is 24.0. The minimum absolute atomic E-state index is 0.510. The van der Waals surface area contributed by atoms with Crippen molar-refractivity contribution in [2.45, 2.75) is 48.3 Å². The molecule has 0 bridgehead atoms. The van der Waals surface area contributed by atoms with Crippen molar-refractivity contribution in [1.82, 2.24) is 0 Å². The average Bonchev–Trinajstić information content (AvgIpc) is 2.58. The van der Waals surface area contributed by atoms with Crippen LogP contribution in [0, 0.1) is 5.82 Å². The van der Waals surface area contributed by atoms with Crippen LogP contribution >= 0.6 is 0 Å². The van der Waals surface area contributed by atoms with Gasteiger partial charge in [-0.15, -0.1) is 0 Å². The molecule has 0 spiro atoms. The summed E-state index contributed by atoms with van der Waals surface area (Å²) in [7, 11) is 0.510. The van der Waals surface area contributed by atoms with E-state index in [1.165, 1.54) is 0 Å². The Labute approximate surface area is 158 Å². The highest BCUT2D eigenvalue weighted by Crippen LogP contribution is 2.61. The Balaban J connectivity index is 3.43. The lowest BCUT2D eigenvalue weighted by Crippen LogP contribution is -2.70. The largest absolute Gasteiger partial charge is 0.460 e. The standard InChI is InChI=1S/C15H10F14O/c1-30-9(7-4-2-3-5-8(7)16)6-10(17,18)11(19,20)12(21,22)13(23,24)14(25,26)15(27,28)29/h2-5,9H,6H2,1H3. The second-order valence-electron chi connectivity index (χ2n) is 5.95. The maximum atomic E-state index is 13.9. The summed E-state index contributed by atoms with van der Waals surface area (Å²) in [5.41, 5.74) is -0.925. The minimum atomic E-state index is -7.98.